The van der Waals surface area contributed by atoms with E-state index >= 15 is 0 Å². The number of nitrogens with zero attached hydrogens (tertiary/aromatic N) is 1. The van der Waals surface area contributed by atoms with Gasteiger partial charge >= 0.3 is 6.03 Å². The molecule has 0 radical (unpaired) electrons. The predicted octanol–water partition coefficient (Wildman–Crippen LogP) is 3.41. The fourth-order valence-corrected chi connectivity index (χ4v) is 2.93. The van der Waals surface area contributed by atoms with E-state index in [2.05, 4.69) is 15.6 Å². The van der Waals surface area contributed by atoms with E-state index in [-0.39, 0.29) is 24.0 Å². The van der Waals surface area contributed by atoms with Crippen LogP contribution in [0, 0.1) is 5.82 Å². The van der Waals surface area contributed by atoms with Gasteiger partial charge < -0.3 is 15.4 Å². The average Bonchev–Trinajstić information content (AvgIpc) is 2.64. The molecule has 1 aromatic carbocycles. The number of hydrogen-bond acceptors (Lipinski definition) is 3. The summed E-state index contributed by atoms with van der Waals surface area (Å²) in [5.74, 6) is 0.369. The normalized spacial score (nSPS) is 19.9. The van der Waals surface area contributed by atoms with Gasteiger partial charge in [0.25, 0.3) is 0 Å². The molecule has 0 aliphatic heterocycles. The van der Waals surface area contributed by atoms with Gasteiger partial charge in [-0.3, -0.25) is 0 Å². The maximum absolute atomic E-state index is 12.8. The van der Waals surface area contributed by atoms with Gasteiger partial charge in [0, 0.05) is 24.8 Å². The Kier molecular flexibility index (Phi) is 5.82. The Balaban J connectivity index is 1.36. The molecule has 2 N–H and O–H groups in total. The van der Waals surface area contributed by atoms with Crippen molar-refractivity contribution in [3.05, 3.63) is 60.0 Å². The summed E-state index contributed by atoms with van der Waals surface area (Å²) in [7, 11) is 0. The Morgan fingerprint density at radius 1 is 1.12 bits per heavy atom. The van der Waals surface area contributed by atoms with Crippen LogP contribution in [0.15, 0.2) is 48.7 Å². The molecule has 1 aliphatic rings. The predicted molar refractivity (Wildman–Crippen MR) is 92.7 cm³/mol. The van der Waals surface area contributed by atoms with Gasteiger partial charge in [-0.25, -0.2) is 14.2 Å². The number of pyridine rings is 1. The largest absolute Gasteiger partial charge is 0.474 e. The van der Waals surface area contributed by atoms with Gasteiger partial charge in [-0.05, 0) is 49.4 Å². The van der Waals surface area contributed by atoms with Gasteiger partial charge in [-0.2, -0.15) is 0 Å². The first kappa shape index (κ1) is 17.2. The molecule has 0 bridgehead atoms. The summed E-state index contributed by atoms with van der Waals surface area (Å²) in [5, 5.41) is 5.79. The minimum absolute atomic E-state index is 0.148. The molecular formula is C19H22FN3O2. The van der Waals surface area contributed by atoms with Gasteiger partial charge in [0.15, 0.2) is 0 Å². The highest BCUT2D eigenvalue weighted by Gasteiger charge is 2.23. The van der Waals surface area contributed by atoms with Crippen molar-refractivity contribution < 1.29 is 13.9 Å². The molecule has 0 spiro atoms. The Labute approximate surface area is 146 Å². The number of benzene rings is 1. The second kappa shape index (κ2) is 8.46. The van der Waals surface area contributed by atoms with Crippen molar-refractivity contribution in [1.82, 2.24) is 15.6 Å². The lowest BCUT2D eigenvalue weighted by atomic mass is 9.93. The summed E-state index contributed by atoms with van der Waals surface area (Å²) in [6.45, 7) is 0.379. The number of aromatic nitrogens is 1. The highest BCUT2D eigenvalue weighted by Crippen LogP contribution is 2.22. The van der Waals surface area contributed by atoms with E-state index in [1.165, 1.54) is 12.1 Å². The summed E-state index contributed by atoms with van der Waals surface area (Å²) in [6.07, 6.45) is 5.39. The third-order valence-corrected chi connectivity index (χ3v) is 4.30. The van der Waals surface area contributed by atoms with E-state index in [1.54, 1.807) is 18.3 Å². The van der Waals surface area contributed by atoms with E-state index in [0.29, 0.717) is 12.4 Å². The molecule has 2 amide bonds. The molecule has 0 unspecified atom stereocenters. The van der Waals surface area contributed by atoms with Crippen molar-refractivity contribution in [3.8, 4) is 5.88 Å². The monoisotopic (exact) mass is 343 g/mol. The van der Waals surface area contributed by atoms with Crippen LogP contribution in [-0.2, 0) is 6.54 Å². The standard InChI is InChI=1S/C19H22FN3O2/c20-15-6-4-14(5-7-15)13-22-19(24)23-16-8-10-17(11-9-16)25-18-3-1-2-12-21-18/h1-7,12,16-17H,8-11,13H2,(H2,22,23,24). The molecule has 1 aliphatic carbocycles. The van der Waals surface area contributed by atoms with Gasteiger partial charge in [0.2, 0.25) is 5.88 Å². The number of hydrogen-bond donors (Lipinski definition) is 2. The van der Waals surface area contributed by atoms with Crippen LogP contribution in [0.5, 0.6) is 5.88 Å². The Hall–Kier alpha value is -2.63. The van der Waals surface area contributed by atoms with Gasteiger partial charge in [-0.1, -0.05) is 18.2 Å². The van der Waals surface area contributed by atoms with Crippen molar-refractivity contribution in [3.63, 3.8) is 0 Å². The van der Waals surface area contributed by atoms with Gasteiger partial charge in [-0.15, -0.1) is 0 Å². The smallest absolute Gasteiger partial charge is 0.315 e. The summed E-state index contributed by atoms with van der Waals surface area (Å²) in [5.41, 5.74) is 0.865. The number of carbonyl (C=O) groups is 1. The molecule has 2 aromatic rings. The van der Waals surface area contributed by atoms with Crippen LogP contribution in [0.4, 0.5) is 9.18 Å². The lowest BCUT2D eigenvalue weighted by Crippen LogP contribution is -2.44. The quantitative estimate of drug-likeness (QED) is 0.874. The number of urea groups is 1. The number of ether oxygens (including phenoxy) is 1. The van der Waals surface area contributed by atoms with Crippen LogP contribution in [0.1, 0.15) is 31.2 Å². The first-order valence-electron chi connectivity index (χ1n) is 8.55. The zero-order valence-corrected chi connectivity index (χ0v) is 14.0. The molecular weight excluding hydrogens is 321 g/mol. The molecule has 1 saturated carbocycles. The molecule has 0 atom stereocenters. The average molecular weight is 343 g/mol. The second-order valence-electron chi connectivity index (χ2n) is 6.21. The minimum atomic E-state index is -0.280. The lowest BCUT2D eigenvalue weighted by molar-refractivity contribution is 0.135. The second-order valence-corrected chi connectivity index (χ2v) is 6.21. The SMILES string of the molecule is O=C(NCc1ccc(F)cc1)NC1CCC(Oc2ccccn2)CC1. The van der Waals surface area contributed by atoms with Crippen LogP contribution in [0.3, 0.4) is 0 Å². The molecule has 1 aromatic heterocycles. The molecule has 1 fully saturated rings. The Bertz CT molecular complexity index is 671. The van der Waals surface area contributed by atoms with Crippen molar-refractivity contribution in [1.29, 1.82) is 0 Å². The summed E-state index contributed by atoms with van der Waals surface area (Å²) < 4.78 is 18.7. The molecule has 132 valence electrons. The molecule has 3 rings (SSSR count). The van der Waals surface area contributed by atoms with Crippen LogP contribution in [-0.4, -0.2) is 23.2 Å². The topological polar surface area (TPSA) is 63.2 Å². The van der Waals surface area contributed by atoms with Gasteiger partial charge in [0.05, 0.1) is 0 Å². The Morgan fingerprint density at radius 2 is 1.88 bits per heavy atom. The van der Waals surface area contributed by atoms with Crippen LogP contribution < -0.4 is 15.4 Å². The Morgan fingerprint density at radius 3 is 2.56 bits per heavy atom. The molecule has 0 saturated heterocycles. The zero-order chi connectivity index (χ0) is 17.5. The number of nitrogens with one attached hydrogen (secondary N) is 2. The maximum atomic E-state index is 12.8. The number of amides is 2. The van der Waals surface area contributed by atoms with Crippen LogP contribution >= 0.6 is 0 Å². The lowest BCUT2D eigenvalue weighted by Gasteiger charge is -2.29. The van der Waals surface area contributed by atoms with Crippen molar-refractivity contribution in [2.45, 2.75) is 44.4 Å². The summed E-state index contributed by atoms with van der Waals surface area (Å²) >= 11 is 0. The van der Waals surface area contributed by atoms with Crippen LogP contribution in [0.2, 0.25) is 0 Å². The summed E-state index contributed by atoms with van der Waals surface area (Å²) in [4.78, 5) is 16.2. The van der Waals surface area contributed by atoms with Crippen molar-refractivity contribution in [2.75, 3.05) is 0 Å². The van der Waals surface area contributed by atoms with Crippen LogP contribution in [0.25, 0.3) is 0 Å². The molecule has 5 nitrogen and oxygen atoms in total. The zero-order valence-electron chi connectivity index (χ0n) is 14.0. The molecule has 1 heterocycles. The van der Waals surface area contributed by atoms with E-state index in [4.69, 9.17) is 4.74 Å². The van der Waals surface area contributed by atoms with Crippen molar-refractivity contribution >= 4 is 6.03 Å². The third kappa shape index (κ3) is 5.45. The van der Waals surface area contributed by atoms with E-state index < -0.39 is 0 Å². The first-order chi connectivity index (χ1) is 12.2. The molecule has 25 heavy (non-hydrogen) atoms. The fraction of sp³-hybridized carbons (Fsp3) is 0.368. The summed E-state index contributed by atoms with van der Waals surface area (Å²) in [6, 6.07) is 11.7. The first-order valence-corrected chi connectivity index (χ1v) is 8.55. The van der Waals surface area contributed by atoms with Gasteiger partial charge in [0.1, 0.15) is 11.9 Å². The maximum Gasteiger partial charge on any atom is 0.315 e. The fourth-order valence-electron chi connectivity index (χ4n) is 2.93. The van der Waals surface area contributed by atoms with E-state index in [1.807, 2.05) is 18.2 Å². The van der Waals surface area contributed by atoms with E-state index in [0.717, 1.165) is 31.2 Å². The highest BCUT2D eigenvalue weighted by atomic mass is 19.1. The van der Waals surface area contributed by atoms with E-state index in [9.17, 15) is 9.18 Å². The number of halogens is 1. The highest BCUT2D eigenvalue weighted by molar-refractivity contribution is 5.74. The number of carbonyl (C=O) groups excluding carboxylic acids is 1. The minimum Gasteiger partial charge on any atom is -0.474 e. The third-order valence-electron chi connectivity index (χ3n) is 4.30. The van der Waals surface area contributed by atoms with Crippen molar-refractivity contribution in [2.24, 2.45) is 0 Å². The molecule has 6 heteroatoms. The number of rotatable bonds is 5.